The SMILES string of the molecule is CCC/C=C/Cc1cc(CC)c(C(=O)N=C(N)N)cc1S(C)(=O)=O. The highest BCUT2D eigenvalue weighted by molar-refractivity contribution is 7.90. The minimum absolute atomic E-state index is 0.134. The smallest absolute Gasteiger partial charge is 0.280 e. The molecule has 4 N–H and O–H groups in total. The van der Waals surface area contributed by atoms with E-state index in [9.17, 15) is 13.2 Å². The van der Waals surface area contributed by atoms with Crippen molar-refractivity contribution >= 4 is 21.7 Å². The van der Waals surface area contributed by atoms with Crippen molar-refractivity contribution in [3.05, 3.63) is 41.0 Å². The van der Waals surface area contributed by atoms with E-state index >= 15 is 0 Å². The van der Waals surface area contributed by atoms with E-state index < -0.39 is 15.7 Å². The maximum Gasteiger partial charge on any atom is 0.280 e. The number of aryl methyl sites for hydroxylation is 1. The van der Waals surface area contributed by atoms with Crippen LogP contribution < -0.4 is 11.5 Å². The molecule has 0 heterocycles. The molecule has 1 amide bonds. The number of allylic oxidation sites excluding steroid dienone is 2. The Morgan fingerprint density at radius 3 is 2.33 bits per heavy atom. The van der Waals surface area contributed by atoms with Crippen LogP contribution >= 0.6 is 0 Å². The first-order valence-corrected chi connectivity index (χ1v) is 9.74. The number of nitrogens with zero attached hydrogens (tertiary/aromatic N) is 1. The van der Waals surface area contributed by atoms with Crippen molar-refractivity contribution in [2.45, 2.75) is 44.4 Å². The molecule has 0 fully saturated rings. The first-order chi connectivity index (χ1) is 11.2. The van der Waals surface area contributed by atoms with Gasteiger partial charge in [0.1, 0.15) is 0 Å². The quantitative estimate of drug-likeness (QED) is 0.442. The van der Waals surface area contributed by atoms with Crippen LogP contribution in [0.5, 0.6) is 0 Å². The highest BCUT2D eigenvalue weighted by Crippen LogP contribution is 2.24. The zero-order chi connectivity index (χ0) is 18.3. The average Bonchev–Trinajstić information content (AvgIpc) is 2.49. The molecule has 0 unspecified atom stereocenters. The van der Waals surface area contributed by atoms with Gasteiger partial charge in [0.2, 0.25) is 0 Å². The first-order valence-electron chi connectivity index (χ1n) is 7.85. The Morgan fingerprint density at radius 2 is 1.83 bits per heavy atom. The largest absolute Gasteiger partial charge is 0.370 e. The fourth-order valence-corrected chi connectivity index (χ4v) is 3.29. The van der Waals surface area contributed by atoms with Gasteiger partial charge in [-0.25, -0.2) is 8.42 Å². The summed E-state index contributed by atoms with van der Waals surface area (Å²) >= 11 is 0. The number of aliphatic imine (C=N–C) groups is 1. The minimum Gasteiger partial charge on any atom is -0.370 e. The number of guanidine groups is 1. The molecule has 0 aliphatic heterocycles. The average molecular weight is 351 g/mol. The normalized spacial score (nSPS) is 11.6. The second-order valence-electron chi connectivity index (χ2n) is 5.55. The van der Waals surface area contributed by atoms with Gasteiger partial charge in [0.05, 0.1) is 4.90 Å². The Labute approximate surface area is 143 Å². The summed E-state index contributed by atoms with van der Waals surface area (Å²) in [6.07, 6.45) is 8.13. The molecule has 0 radical (unpaired) electrons. The summed E-state index contributed by atoms with van der Waals surface area (Å²) < 4.78 is 24.2. The molecule has 0 aliphatic rings. The molecule has 0 atom stereocenters. The predicted molar refractivity (Wildman–Crippen MR) is 96.8 cm³/mol. The molecule has 24 heavy (non-hydrogen) atoms. The number of carbonyl (C=O) groups is 1. The van der Waals surface area contributed by atoms with Gasteiger partial charge in [-0.1, -0.05) is 38.5 Å². The van der Waals surface area contributed by atoms with Gasteiger partial charge in [-0.2, -0.15) is 4.99 Å². The van der Waals surface area contributed by atoms with Crippen molar-refractivity contribution in [3.8, 4) is 0 Å². The van der Waals surface area contributed by atoms with E-state index in [2.05, 4.69) is 11.9 Å². The van der Waals surface area contributed by atoms with Gasteiger partial charge < -0.3 is 11.5 Å². The molecule has 0 saturated carbocycles. The number of rotatable bonds is 7. The fraction of sp³-hybridized carbons (Fsp3) is 0.412. The van der Waals surface area contributed by atoms with Crippen LogP contribution in [-0.4, -0.2) is 26.5 Å². The van der Waals surface area contributed by atoms with Crippen LogP contribution in [0, 0.1) is 0 Å². The van der Waals surface area contributed by atoms with Gasteiger partial charge in [0.25, 0.3) is 5.91 Å². The molecule has 7 heteroatoms. The molecule has 0 aliphatic carbocycles. The van der Waals surface area contributed by atoms with Gasteiger partial charge in [0, 0.05) is 11.8 Å². The number of sulfone groups is 1. The summed E-state index contributed by atoms with van der Waals surface area (Å²) in [6.45, 7) is 3.96. The van der Waals surface area contributed by atoms with Gasteiger partial charge in [-0.15, -0.1) is 0 Å². The number of amides is 1. The molecule has 0 spiro atoms. The Hall–Kier alpha value is -2.15. The van der Waals surface area contributed by atoms with E-state index in [0.29, 0.717) is 18.4 Å². The molecule has 0 aromatic heterocycles. The van der Waals surface area contributed by atoms with Crippen LogP contribution in [0.2, 0.25) is 0 Å². The summed E-state index contributed by atoms with van der Waals surface area (Å²) in [5.41, 5.74) is 12.1. The van der Waals surface area contributed by atoms with Crippen molar-refractivity contribution in [2.24, 2.45) is 16.5 Å². The summed E-state index contributed by atoms with van der Waals surface area (Å²) in [5, 5.41) is 0. The van der Waals surface area contributed by atoms with E-state index in [4.69, 9.17) is 11.5 Å². The molecule has 1 rings (SSSR count). The predicted octanol–water partition coefficient (Wildman–Crippen LogP) is 1.96. The second kappa shape index (κ2) is 8.63. The van der Waals surface area contributed by atoms with Gasteiger partial charge in [0.15, 0.2) is 15.8 Å². The summed E-state index contributed by atoms with van der Waals surface area (Å²) in [5.74, 6) is -0.987. The van der Waals surface area contributed by atoms with Gasteiger partial charge in [-0.3, -0.25) is 4.79 Å². The molecule has 0 bridgehead atoms. The zero-order valence-corrected chi connectivity index (χ0v) is 15.2. The van der Waals surface area contributed by atoms with E-state index in [1.807, 2.05) is 19.1 Å². The Bertz CT molecular complexity index is 762. The Balaban J connectivity index is 3.45. The van der Waals surface area contributed by atoms with Crippen molar-refractivity contribution in [2.75, 3.05) is 6.26 Å². The maximum atomic E-state index is 12.2. The van der Waals surface area contributed by atoms with Crippen molar-refractivity contribution < 1.29 is 13.2 Å². The van der Waals surface area contributed by atoms with Crippen molar-refractivity contribution in [1.82, 2.24) is 0 Å². The van der Waals surface area contributed by atoms with Gasteiger partial charge in [-0.05, 0) is 36.5 Å². The fourth-order valence-electron chi connectivity index (χ4n) is 2.34. The van der Waals surface area contributed by atoms with Crippen LogP contribution in [0.1, 0.15) is 48.2 Å². The van der Waals surface area contributed by atoms with E-state index in [1.165, 1.54) is 6.07 Å². The number of benzene rings is 1. The lowest BCUT2D eigenvalue weighted by Gasteiger charge is -2.12. The maximum absolute atomic E-state index is 12.2. The third-order valence-electron chi connectivity index (χ3n) is 3.49. The standard InChI is InChI=1S/C17H25N3O3S/c1-4-6-7-8-9-13-10-12(5-2)14(16(21)20-17(18)19)11-15(13)24(3,22)23/h7-8,10-11H,4-6,9H2,1-3H3,(H4,18,19,20,21)/b8-7+. The first kappa shape index (κ1) is 19.9. The molecular formula is C17H25N3O3S. The molecule has 6 nitrogen and oxygen atoms in total. The lowest BCUT2D eigenvalue weighted by atomic mass is 9.99. The van der Waals surface area contributed by atoms with Crippen LogP contribution in [0.25, 0.3) is 0 Å². The van der Waals surface area contributed by atoms with Crippen LogP contribution in [0.15, 0.2) is 34.2 Å². The molecule has 1 aromatic carbocycles. The molecule has 1 aromatic rings. The monoisotopic (exact) mass is 351 g/mol. The molecule has 132 valence electrons. The van der Waals surface area contributed by atoms with Crippen molar-refractivity contribution in [1.29, 1.82) is 0 Å². The van der Waals surface area contributed by atoms with E-state index in [1.54, 1.807) is 6.07 Å². The summed E-state index contributed by atoms with van der Waals surface area (Å²) in [7, 11) is -3.48. The lowest BCUT2D eigenvalue weighted by Crippen LogP contribution is -2.24. The van der Waals surface area contributed by atoms with E-state index in [0.717, 1.165) is 24.7 Å². The molecule has 0 saturated heterocycles. The Kier molecular flexibility index (Phi) is 7.16. The number of nitrogens with two attached hydrogens (primary N) is 2. The highest BCUT2D eigenvalue weighted by atomic mass is 32.2. The highest BCUT2D eigenvalue weighted by Gasteiger charge is 2.19. The van der Waals surface area contributed by atoms with E-state index in [-0.39, 0.29) is 16.4 Å². The topological polar surface area (TPSA) is 116 Å². The third kappa shape index (κ3) is 5.49. The molecular weight excluding hydrogens is 326 g/mol. The van der Waals surface area contributed by atoms with Crippen LogP contribution in [0.4, 0.5) is 0 Å². The number of unbranched alkanes of at least 4 members (excludes halogenated alkanes) is 1. The summed E-state index contributed by atoms with van der Waals surface area (Å²) in [4.78, 5) is 15.8. The summed E-state index contributed by atoms with van der Waals surface area (Å²) in [6, 6.07) is 3.13. The van der Waals surface area contributed by atoms with Crippen molar-refractivity contribution in [3.63, 3.8) is 0 Å². The zero-order valence-electron chi connectivity index (χ0n) is 14.4. The third-order valence-corrected chi connectivity index (χ3v) is 4.67. The number of hydrogen-bond donors (Lipinski definition) is 2. The lowest BCUT2D eigenvalue weighted by molar-refractivity contribution is 0.100. The second-order valence-corrected chi connectivity index (χ2v) is 7.53. The Morgan fingerprint density at radius 1 is 1.17 bits per heavy atom. The number of hydrogen-bond acceptors (Lipinski definition) is 3. The van der Waals surface area contributed by atoms with Crippen LogP contribution in [0.3, 0.4) is 0 Å². The number of carbonyl (C=O) groups excluding carboxylic acids is 1. The minimum atomic E-state index is -3.48. The van der Waals surface area contributed by atoms with Gasteiger partial charge >= 0.3 is 0 Å². The van der Waals surface area contributed by atoms with Crippen LogP contribution in [-0.2, 0) is 22.7 Å².